The van der Waals surface area contributed by atoms with E-state index in [2.05, 4.69) is 21.3 Å². The zero-order chi connectivity index (χ0) is 60.8. The molecule has 0 heterocycles. The van der Waals surface area contributed by atoms with Gasteiger partial charge in [0.1, 0.15) is 29.1 Å². The monoisotopic (exact) mass is 1200 g/mol. The number of benzene rings is 8. The standard InChI is InChI=1S/C65H67N5O14P2/c1-65(63(74)68-59(41-60(66)71)61(72)67-39-17-29-54-28-16-27-53-26-14-15-30-57(53)54,42-48-33-37-56(38-34-48)84-86(78,81-45-51-22-10-4-11-23-51)82-46-52-24-12-5-13-25-52)70-62(73)58(69-64(75)76)40-47-31-35-55(36-32-47)83-85(77,79-43-49-18-6-2-7-19-49)80-44-50-20-8-3-9-21-50/h2-16,18-28,30-38,58-59,69H,17,29,39-46H2,1H3,(H2,66,71)(H,67,72)(H,68,74)(H,70,73)(H,75,76)/t58-,59-,65-/m0/s1. The molecular formula is C65H67N5O14P2. The molecule has 446 valence electrons. The third kappa shape index (κ3) is 19.6. The molecule has 0 aliphatic heterocycles. The Bertz CT molecular complexity index is 3530. The predicted octanol–water partition coefficient (Wildman–Crippen LogP) is 11.1. The maximum Gasteiger partial charge on any atom is 0.530 e. The summed E-state index contributed by atoms with van der Waals surface area (Å²) in [6, 6.07) is 59.0. The number of hydrogen-bond donors (Lipinski definition) is 6. The highest BCUT2D eigenvalue weighted by molar-refractivity contribution is 7.49. The maximum absolute atomic E-state index is 14.8. The first-order chi connectivity index (χ1) is 41.5. The minimum Gasteiger partial charge on any atom is -0.465 e. The van der Waals surface area contributed by atoms with Crippen molar-refractivity contribution in [3.8, 4) is 11.5 Å². The molecule has 0 radical (unpaired) electrons. The van der Waals surface area contributed by atoms with E-state index in [1.54, 1.807) is 84.9 Å². The molecule has 0 saturated carbocycles. The molecular weight excluding hydrogens is 1140 g/mol. The van der Waals surface area contributed by atoms with Gasteiger partial charge in [-0.2, -0.15) is 0 Å². The summed E-state index contributed by atoms with van der Waals surface area (Å²) < 4.78 is 63.4. The van der Waals surface area contributed by atoms with Gasteiger partial charge in [0.25, 0.3) is 0 Å². The second-order valence-corrected chi connectivity index (χ2v) is 23.5. The van der Waals surface area contributed by atoms with Crippen molar-refractivity contribution in [3.05, 3.63) is 251 Å². The maximum atomic E-state index is 14.8. The van der Waals surface area contributed by atoms with Crippen LogP contribution in [-0.4, -0.2) is 59.0 Å². The molecule has 21 heteroatoms. The molecule has 0 aliphatic rings. The number of carbonyl (C=O) groups excluding carboxylic acids is 4. The molecule has 5 amide bonds. The Balaban J connectivity index is 1.01. The number of phosphoric acid groups is 2. The van der Waals surface area contributed by atoms with E-state index >= 15 is 0 Å². The number of nitrogens with one attached hydrogen (secondary N) is 4. The van der Waals surface area contributed by atoms with Crippen LogP contribution in [0.1, 0.15) is 58.7 Å². The Morgan fingerprint density at radius 3 is 1.42 bits per heavy atom. The number of carboxylic acid groups (broad SMARTS) is 1. The normalized spacial score (nSPS) is 12.8. The quantitative estimate of drug-likeness (QED) is 0.0169. The lowest BCUT2D eigenvalue weighted by Gasteiger charge is -2.33. The van der Waals surface area contributed by atoms with Crippen molar-refractivity contribution in [1.29, 1.82) is 0 Å². The van der Waals surface area contributed by atoms with E-state index < -0.39 is 69.4 Å². The van der Waals surface area contributed by atoms with Crippen LogP contribution in [0.4, 0.5) is 4.79 Å². The second-order valence-electron chi connectivity index (χ2n) is 20.3. The number of hydrogen-bond acceptors (Lipinski definition) is 13. The fourth-order valence-corrected chi connectivity index (χ4v) is 11.4. The summed E-state index contributed by atoms with van der Waals surface area (Å²) in [6.45, 7) is 1.16. The highest BCUT2D eigenvalue weighted by Crippen LogP contribution is 2.52. The van der Waals surface area contributed by atoms with Crippen molar-refractivity contribution < 1.29 is 65.4 Å². The van der Waals surface area contributed by atoms with Crippen LogP contribution >= 0.6 is 15.6 Å². The van der Waals surface area contributed by atoms with E-state index in [9.17, 15) is 38.2 Å². The molecule has 0 bridgehead atoms. The van der Waals surface area contributed by atoms with Gasteiger partial charge in [-0.3, -0.25) is 37.3 Å². The number of phosphoric ester groups is 2. The minimum atomic E-state index is -4.31. The lowest BCUT2D eigenvalue weighted by molar-refractivity contribution is -0.137. The molecule has 0 aliphatic carbocycles. The van der Waals surface area contributed by atoms with Crippen LogP contribution in [0.3, 0.4) is 0 Å². The second kappa shape index (κ2) is 30.8. The molecule has 7 N–H and O–H groups in total. The Morgan fingerprint density at radius 2 is 0.953 bits per heavy atom. The van der Waals surface area contributed by atoms with Gasteiger partial charge in [-0.1, -0.05) is 188 Å². The van der Waals surface area contributed by atoms with E-state index in [0.717, 1.165) is 27.5 Å². The lowest BCUT2D eigenvalue weighted by Crippen LogP contribution is -2.64. The number of primary amides is 1. The number of aryl methyl sites for hydroxylation is 1. The van der Waals surface area contributed by atoms with E-state index in [1.807, 2.05) is 91.0 Å². The average molecular weight is 1200 g/mol. The van der Waals surface area contributed by atoms with Crippen LogP contribution in [0.5, 0.6) is 11.5 Å². The summed E-state index contributed by atoms with van der Waals surface area (Å²) in [4.78, 5) is 68.2. The van der Waals surface area contributed by atoms with Crippen LogP contribution in [0.2, 0.25) is 0 Å². The molecule has 0 saturated heterocycles. The molecule has 0 fully saturated rings. The third-order valence-electron chi connectivity index (χ3n) is 13.6. The van der Waals surface area contributed by atoms with Crippen molar-refractivity contribution in [3.63, 3.8) is 0 Å². The minimum absolute atomic E-state index is 0.0661. The summed E-state index contributed by atoms with van der Waals surface area (Å²) in [7, 11) is -8.59. The van der Waals surface area contributed by atoms with Crippen molar-refractivity contribution in [2.45, 2.75) is 83.1 Å². The van der Waals surface area contributed by atoms with Crippen molar-refractivity contribution in [2.24, 2.45) is 5.73 Å². The first-order valence-electron chi connectivity index (χ1n) is 27.7. The first kappa shape index (κ1) is 63.1. The molecule has 8 aromatic rings. The Labute approximate surface area is 498 Å². The van der Waals surface area contributed by atoms with Crippen LogP contribution < -0.4 is 36.0 Å². The highest BCUT2D eigenvalue weighted by atomic mass is 31.2. The van der Waals surface area contributed by atoms with Crippen molar-refractivity contribution in [1.82, 2.24) is 21.3 Å². The van der Waals surface area contributed by atoms with Gasteiger partial charge >= 0.3 is 21.7 Å². The van der Waals surface area contributed by atoms with E-state index in [1.165, 1.54) is 43.3 Å². The predicted molar refractivity (Wildman–Crippen MR) is 324 cm³/mol. The van der Waals surface area contributed by atoms with Gasteiger partial charge in [0.05, 0.1) is 32.8 Å². The van der Waals surface area contributed by atoms with Gasteiger partial charge in [-0.25, -0.2) is 13.9 Å². The van der Waals surface area contributed by atoms with Gasteiger partial charge in [0.15, 0.2) is 0 Å². The number of carbonyl (C=O) groups is 5. The van der Waals surface area contributed by atoms with E-state index in [0.29, 0.717) is 35.1 Å². The summed E-state index contributed by atoms with van der Waals surface area (Å²) in [5.41, 5.74) is 8.40. The van der Waals surface area contributed by atoms with Crippen molar-refractivity contribution >= 4 is 56.1 Å². The number of amides is 5. The summed E-state index contributed by atoms with van der Waals surface area (Å²) in [5.74, 6) is -3.34. The lowest BCUT2D eigenvalue weighted by atomic mass is 9.90. The molecule has 8 aromatic carbocycles. The van der Waals surface area contributed by atoms with Gasteiger partial charge in [-0.05, 0) is 93.7 Å². The Morgan fingerprint density at radius 1 is 0.512 bits per heavy atom. The van der Waals surface area contributed by atoms with E-state index in [-0.39, 0.29) is 57.3 Å². The molecule has 86 heavy (non-hydrogen) atoms. The van der Waals surface area contributed by atoms with E-state index in [4.69, 9.17) is 32.9 Å². The van der Waals surface area contributed by atoms with Gasteiger partial charge in [-0.15, -0.1) is 0 Å². The smallest absolute Gasteiger partial charge is 0.465 e. The molecule has 3 atom stereocenters. The number of fused-ring (bicyclic) bond motifs is 1. The number of rotatable bonds is 32. The molecule has 0 aromatic heterocycles. The summed E-state index contributed by atoms with van der Waals surface area (Å²) in [5, 5.41) is 22.6. The van der Waals surface area contributed by atoms with Crippen LogP contribution in [0, 0.1) is 0 Å². The SMILES string of the molecule is C[C@@](Cc1ccc(OP(=O)(OCc2ccccc2)OCc2ccccc2)cc1)(NC(=O)[C@H](Cc1ccc(OP(=O)(OCc2ccccc2)OCc2ccccc2)cc1)NC(=O)O)C(=O)N[C@@H](CC(N)=O)C(=O)NCCCc1cccc2ccccc12. The van der Waals surface area contributed by atoms with Gasteiger partial charge < -0.3 is 41.2 Å². The van der Waals surface area contributed by atoms with Crippen molar-refractivity contribution in [2.75, 3.05) is 6.54 Å². The number of nitrogens with two attached hydrogens (primary N) is 1. The summed E-state index contributed by atoms with van der Waals surface area (Å²) in [6.07, 6.45) is -1.60. The zero-order valence-corrected chi connectivity index (χ0v) is 48.9. The molecule has 0 unspecified atom stereocenters. The fourth-order valence-electron chi connectivity index (χ4n) is 9.10. The van der Waals surface area contributed by atoms with Gasteiger partial charge in [0, 0.05) is 19.4 Å². The Kier molecular flexibility index (Phi) is 22.6. The highest BCUT2D eigenvalue weighted by Gasteiger charge is 2.40. The largest absolute Gasteiger partial charge is 0.530 e. The topological polar surface area (TPSA) is 269 Å². The first-order valence-corrected chi connectivity index (χ1v) is 30.6. The zero-order valence-electron chi connectivity index (χ0n) is 47.2. The summed E-state index contributed by atoms with van der Waals surface area (Å²) >= 11 is 0. The third-order valence-corrected chi connectivity index (χ3v) is 16.2. The van der Waals surface area contributed by atoms with Crippen LogP contribution in [0.25, 0.3) is 10.8 Å². The Hall–Kier alpha value is -8.93. The molecule has 19 nitrogen and oxygen atoms in total. The molecule has 8 rings (SSSR count). The fraction of sp³-hybridized carbons (Fsp3) is 0.215. The van der Waals surface area contributed by atoms with Crippen LogP contribution in [0.15, 0.2) is 212 Å². The van der Waals surface area contributed by atoms with Crippen LogP contribution in [-0.2, 0) is 92.1 Å². The molecule has 0 spiro atoms. The average Bonchev–Trinajstić information content (AvgIpc) is 2.24. The van der Waals surface area contributed by atoms with Gasteiger partial charge in [0.2, 0.25) is 23.6 Å².